The maximum atomic E-state index is 8.98. The van der Waals surface area contributed by atoms with Crippen LogP contribution < -0.4 is 5.32 Å². The summed E-state index contributed by atoms with van der Waals surface area (Å²) in [6.45, 7) is 7.98. The van der Waals surface area contributed by atoms with Gasteiger partial charge in [-0.15, -0.1) is 0 Å². The van der Waals surface area contributed by atoms with Crippen molar-refractivity contribution in [3.05, 3.63) is 23.0 Å². The quantitative estimate of drug-likeness (QED) is 0.893. The molecule has 0 radical (unpaired) electrons. The van der Waals surface area contributed by atoms with E-state index in [9.17, 15) is 0 Å². The molecule has 1 aromatic heterocycles. The lowest BCUT2D eigenvalue weighted by molar-refractivity contribution is -0.137. The van der Waals surface area contributed by atoms with E-state index in [1.165, 1.54) is 0 Å². The molecule has 19 heavy (non-hydrogen) atoms. The molecule has 1 N–H and O–H groups in total. The largest absolute Gasteiger partial charge is 0.348 e. The van der Waals surface area contributed by atoms with Crippen LogP contribution in [0.25, 0.3) is 0 Å². The fourth-order valence-corrected chi connectivity index (χ4v) is 2.28. The van der Waals surface area contributed by atoms with Crippen molar-refractivity contribution in [2.24, 2.45) is 7.05 Å². The highest BCUT2D eigenvalue weighted by Gasteiger charge is 2.32. The zero-order valence-electron chi connectivity index (χ0n) is 12.0. The first kappa shape index (κ1) is 14.1. The fourth-order valence-electron chi connectivity index (χ4n) is 2.28. The third-order valence-electron chi connectivity index (χ3n) is 3.51. The Morgan fingerprint density at radius 3 is 2.84 bits per heavy atom. The van der Waals surface area contributed by atoms with Crippen molar-refractivity contribution in [3.8, 4) is 6.07 Å². The molecule has 1 fully saturated rings. The lowest BCUT2D eigenvalue weighted by atomic mass is 10.2. The fraction of sp³-hybridized carbons (Fsp3) is 0.643. The van der Waals surface area contributed by atoms with Crippen LogP contribution in [0.15, 0.2) is 6.07 Å². The number of hydrogen-bond acceptors (Lipinski definition) is 4. The third-order valence-corrected chi connectivity index (χ3v) is 3.51. The molecule has 0 aliphatic carbocycles. The number of ether oxygens (including phenoxy) is 2. The van der Waals surface area contributed by atoms with Crippen molar-refractivity contribution in [1.82, 2.24) is 9.88 Å². The molecule has 1 aromatic rings. The first-order chi connectivity index (χ1) is 8.93. The molecule has 0 bridgehead atoms. The van der Waals surface area contributed by atoms with Gasteiger partial charge in [-0.1, -0.05) is 0 Å². The van der Waals surface area contributed by atoms with E-state index in [4.69, 9.17) is 14.7 Å². The standard InChI is InChI=1S/C14H21N3O2/c1-10-11(5-12(6-15)17(10)4)7-16-8-13-9-18-14(2,3)19-13/h5,13,16H,7-9H2,1-4H3. The zero-order valence-corrected chi connectivity index (χ0v) is 12.0. The van der Waals surface area contributed by atoms with Crippen LogP contribution in [0.1, 0.15) is 30.8 Å². The molecule has 2 heterocycles. The molecule has 1 aliphatic rings. The van der Waals surface area contributed by atoms with E-state index in [1.54, 1.807) is 0 Å². The number of aromatic nitrogens is 1. The van der Waals surface area contributed by atoms with Gasteiger partial charge in [0.1, 0.15) is 11.8 Å². The number of hydrogen-bond donors (Lipinski definition) is 1. The number of nitrogens with one attached hydrogen (secondary N) is 1. The molecule has 0 saturated carbocycles. The van der Waals surface area contributed by atoms with Crippen LogP contribution in [-0.2, 0) is 23.1 Å². The second kappa shape index (κ2) is 5.33. The van der Waals surface area contributed by atoms with E-state index in [1.807, 2.05) is 38.5 Å². The molecule has 0 spiro atoms. The molecule has 0 aromatic carbocycles. The molecule has 1 atom stereocenters. The maximum Gasteiger partial charge on any atom is 0.163 e. The van der Waals surface area contributed by atoms with Crippen LogP contribution in [0.5, 0.6) is 0 Å². The average Bonchev–Trinajstić information content (AvgIpc) is 2.83. The van der Waals surface area contributed by atoms with E-state index in [0.717, 1.165) is 24.3 Å². The highest BCUT2D eigenvalue weighted by Crippen LogP contribution is 2.21. The Kier molecular flexibility index (Phi) is 3.95. The summed E-state index contributed by atoms with van der Waals surface area (Å²) < 4.78 is 13.1. The van der Waals surface area contributed by atoms with E-state index >= 15 is 0 Å². The molecule has 5 nitrogen and oxygen atoms in total. The Morgan fingerprint density at radius 2 is 2.32 bits per heavy atom. The Labute approximate surface area is 114 Å². The molecule has 1 aliphatic heterocycles. The Hall–Kier alpha value is -1.35. The molecule has 0 amide bonds. The van der Waals surface area contributed by atoms with Gasteiger partial charge in [-0.3, -0.25) is 0 Å². The molecule has 5 heteroatoms. The summed E-state index contributed by atoms with van der Waals surface area (Å²) in [4.78, 5) is 0. The lowest BCUT2D eigenvalue weighted by Gasteiger charge is -2.17. The summed E-state index contributed by atoms with van der Waals surface area (Å²) >= 11 is 0. The van der Waals surface area contributed by atoms with Gasteiger partial charge >= 0.3 is 0 Å². The van der Waals surface area contributed by atoms with Crippen molar-refractivity contribution in [2.45, 2.75) is 39.2 Å². The number of rotatable bonds is 4. The van der Waals surface area contributed by atoms with Gasteiger partial charge < -0.3 is 19.4 Å². The predicted molar refractivity (Wildman–Crippen MR) is 71.5 cm³/mol. The minimum absolute atomic E-state index is 0.0921. The van der Waals surface area contributed by atoms with Gasteiger partial charge in [0.15, 0.2) is 5.79 Å². The van der Waals surface area contributed by atoms with Crippen molar-refractivity contribution in [2.75, 3.05) is 13.2 Å². The monoisotopic (exact) mass is 263 g/mol. The SMILES string of the molecule is Cc1c(CNCC2COC(C)(C)O2)cc(C#N)n1C. The lowest BCUT2D eigenvalue weighted by Crippen LogP contribution is -2.30. The minimum Gasteiger partial charge on any atom is -0.348 e. The van der Waals surface area contributed by atoms with Crippen LogP contribution in [0.3, 0.4) is 0 Å². The topological polar surface area (TPSA) is 59.2 Å². The van der Waals surface area contributed by atoms with Crippen LogP contribution in [-0.4, -0.2) is 29.6 Å². The van der Waals surface area contributed by atoms with Gasteiger partial charge in [0.25, 0.3) is 0 Å². The summed E-state index contributed by atoms with van der Waals surface area (Å²) in [6.07, 6.45) is 0.0921. The van der Waals surface area contributed by atoms with Crippen molar-refractivity contribution in [1.29, 1.82) is 5.26 Å². The molecule has 1 saturated heterocycles. The molecule has 1 unspecified atom stereocenters. The third kappa shape index (κ3) is 3.16. The predicted octanol–water partition coefficient (Wildman–Crippen LogP) is 1.45. The van der Waals surface area contributed by atoms with Gasteiger partial charge in [0, 0.05) is 25.8 Å². The molecule has 104 valence electrons. The Balaban J connectivity index is 1.85. The first-order valence-corrected chi connectivity index (χ1v) is 6.51. The van der Waals surface area contributed by atoms with Gasteiger partial charge in [-0.05, 0) is 32.4 Å². The summed E-state index contributed by atoms with van der Waals surface area (Å²) in [5.74, 6) is -0.469. The number of nitrogens with zero attached hydrogens (tertiary/aromatic N) is 2. The second-order valence-electron chi connectivity index (χ2n) is 5.39. The minimum atomic E-state index is -0.469. The van der Waals surface area contributed by atoms with E-state index in [2.05, 4.69) is 11.4 Å². The van der Waals surface area contributed by atoms with E-state index in [-0.39, 0.29) is 6.10 Å². The van der Waals surface area contributed by atoms with Gasteiger partial charge in [0.2, 0.25) is 0 Å². The highest BCUT2D eigenvalue weighted by atomic mass is 16.7. The van der Waals surface area contributed by atoms with Crippen molar-refractivity contribution >= 4 is 0 Å². The smallest absolute Gasteiger partial charge is 0.163 e. The first-order valence-electron chi connectivity index (χ1n) is 6.51. The van der Waals surface area contributed by atoms with Gasteiger partial charge in [-0.25, -0.2) is 0 Å². The summed E-state index contributed by atoms with van der Waals surface area (Å²) in [6, 6.07) is 4.12. The highest BCUT2D eigenvalue weighted by molar-refractivity contribution is 5.34. The molecular formula is C14H21N3O2. The summed E-state index contributed by atoms with van der Waals surface area (Å²) in [5.41, 5.74) is 2.96. The summed E-state index contributed by atoms with van der Waals surface area (Å²) in [5, 5.41) is 12.3. The zero-order chi connectivity index (χ0) is 14.0. The van der Waals surface area contributed by atoms with Crippen LogP contribution >= 0.6 is 0 Å². The normalized spacial score (nSPS) is 21.5. The van der Waals surface area contributed by atoms with Gasteiger partial charge in [-0.2, -0.15) is 5.26 Å². The van der Waals surface area contributed by atoms with Crippen LogP contribution in [0.4, 0.5) is 0 Å². The van der Waals surface area contributed by atoms with Crippen molar-refractivity contribution in [3.63, 3.8) is 0 Å². The average molecular weight is 263 g/mol. The Morgan fingerprint density at radius 1 is 1.58 bits per heavy atom. The second-order valence-corrected chi connectivity index (χ2v) is 5.39. The van der Waals surface area contributed by atoms with Crippen LogP contribution in [0.2, 0.25) is 0 Å². The maximum absolute atomic E-state index is 8.98. The van der Waals surface area contributed by atoms with Crippen LogP contribution in [0, 0.1) is 18.3 Å². The molecular weight excluding hydrogens is 242 g/mol. The van der Waals surface area contributed by atoms with E-state index in [0.29, 0.717) is 12.3 Å². The Bertz CT molecular complexity index is 500. The van der Waals surface area contributed by atoms with Gasteiger partial charge in [0.05, 0.1) is 12.7 Å². The summed E-state index contributed by atoms with van der Waals surface area (Å²) in [7, 11) is 1.91. The van der Waals surface area contributed by atoms with E-state index < -0.39 is 5.79 Å². The van der Waals surface area contributed by atoms with Crippen molar-refractivity contribution < 1.29 is 9.47 Å². The number of nitriles is 1. The molecule has 2 rings (SSSR count).